The van der Waals surface area contributed by atoms with Crippen molar-refractivity contribution in [1.29, 1.82) is 0 Å². The molecule has 0 atom stereocenters. The van der Waals surface area contributed by atoms with Crippen molar-refractivity contribution in [2.45, 2.75) is 4.90 Å². The zero-order chi connectivity index (χ0) is 16.5. The Bertz CT molecular complexity index is 816. The molecular formula is C12H14ClN5O3S. The van der Waals surface area contributed by atoms with Gasteiger partial charge < -0.3 is 5.32 Å². The first kappa shape index (κ1) is 16.4. The quantitative estimate of drug-likeness (QED) is 0.892. The van der Waals surface area contributed by atoms with Crippen molar-refractivity contribution in [2.24, 2.45) is 7.05 Å². The van der Waals surface area contributed by atoms with Crippen molar-refractivity contribution < 1.29 is 13.2 Å². The maximum atomic E-state index is 12.2. The van der Waals surface area contributed by atoms with Gasteiger partial charge in [0.15, 0.2) is 0 Å². The van der Waals surface area contributed by atoms with Gasteiger partial charge in [0.25, 0.3) is 5.91 Å². The van der Waals surface area contributed by atoms with E-state index in [0.717, 1.165) is 4.31 Å². The number of nitrogens with zero attached hydrogens (tertiary/aromatic N) is 4. The molecule has 0 bridgehead atoms. The topological polar surface area (TPSA) is 97.2 Å². The summed E-state index contributed by atoms with van der Waals surface area (Å²) in [7, 11) is 0.669. The second kappa shape index (κ2) is 6.03. The van der Waals surface area contributed by atoms with Gasteiger partial charge in [-0.05, 0) is 18.2 Å². The van der Waals surface area contributed by atoms with Crippen LogP contribution < -0.4 is 5.32 Å². The summed E-state index contributed by atoms with van der Waals surface area (Å²) in [6.45, 7) is 0. The van der Waals surface area contributed by atoms with E-state index < -0.39 is 15.9 Å². The molecule has 0 radical (unpaired) electrons. The summed E-state index contributed by atoms with van der Waals surface area (Å²) in [6, 6.07) is 4.23. The molecule has 1 amide bonds. The molecule has 0 fully saturated rings. The van der Waals surface area contributed by atoms with E-state index in [0.29, 0.717) is 5.69 Å². The van der Waals surface area contributed by atoms with Crippen LogP contribution in [0, 0.1) is 0 Å². The summed E-state index contributed by atoms with van der Waals surface area (Å²) in [5, 5.41) is 9.92. The van der Waals surface area contributed by atoms with E-state index in [4.69, 9.17) is 11.6 Å². The van der Waals surface area contributed by atoms with Crippen LogP contribution in [0.4, 0.5) is 5.69 Å². The zero-order valence-electron chi connectivity index (χ0n) is 12.1. The molecule has 0 saturated heterocycles. The molecule has 8 nitrogen and oxygen atoms in total. The minimum atomic E-state index is -3.71. The van der Waals surface area contributed by atoms with Crippen molar-refractivity contribution in [3.8, 4) is 0 Å². The van der Waals surface area contributed by atoms with E-state index in [1.807, 2.05) is 0 Å². The number of rotatable bonds is 4. The van der Waals surface area contributed by atoms with Gasteiger partial charge in [-0.1, -0.05) is 16.8 Å². The Balaban J connectivity index is 2.35. The van der Waals surface area contributed by atoms with Gasteiger partial charge in [-0.2, -0.15) is 0 Å². The Hall–Kier alpha value is -1.97. The Labute approximate surface area is 132 Å². The molecule has 2 aromatic rings. The molecule has 0 saturated carbocycles. The molecule has 1 aromatic heterocycles. The number of benzene rings is 1. The van der Waals surface area contributed by atoms with Gasteiger partial charge >= 0.3 is 0 Å². The predicted octanol–water partition coefficient (Wildman–Crippen LogP) is 0.971. The van der Waals surface area contributed by atoms with E-state index in [-0.39, 0.29) is 15.6 Å². The molecule has 1 heterocycles. The highest BCUT2D eigenvalue weighted by Crippen LogP contribution is 2.27. The van der Waals surface area contributed by atoms with Gasteiger partial charge in [-0.3, -0.25) is 4.79 Å². The van der Waals surface area contributed by atoms with E-state index in [9.17, 15) is 13.2 Å². The number of hydrogen-bond donors (Lipinski definition) is 1. The molecule has 0 unspecified atom stereocenters. The first-order chi connectivity index (χ1) is 10.2. The fraction of sp³-hybridized carbons (Fsp3) is 0.250. The maximum absolute atomic E-state index is 12.2. The van der Waals surface area contributed by atoms with Crippen LogP contribution >= 0.6 is 11.6 Å². The third kappa shape index (κ3) is 3.11. The average Bonchev–Trinajstić information content (AvgIpc) is 2.86. The van der Waals surface area contributed by atoms with Crippen LogP contribution in [0.5, 0.6) is 0 Å². The van der Waals surface area contributed by atoms with Crippen molar-refractivity contribution in [3.63, 3.8) is 0 Å². The van der Waals surface area contributed by atoms with Crippen LogP contribution in [-0.4, -0.2) is 47.7 Å². The molecule has 0 aliphatic rings. The average molecular weight is 344 g/mol. The molecule has 118 valence electrons. The van der Waals surface area contributed by atoms with E-state index in [1.54, 1.807) is 7.05 Å². The van der Waals surface area contributed by atoms with Crippen LogP contribution in [0.25, 0.3) is 0 Å². The molecule has 1 aromatic carbocycles. The lowest BCUT2D eigenvalue weighted by atomic mass is 10.3. The van der Waals surface area contributed by atoms with E-state index in [1.165, 1.54) is 43.2 Å². The number of aryl methyl sites for hydroxylation is 1. The number of sulfonamides is 1. The smallest absolute Gasteiger partial charge is 0.275 e. The highest BCUT2D eigenvalue weighted by Gasteiger charge is 2.22. The summed E-state index contributed by atoms with van der Waals surface area (Å²) in [6.07, 6.45) is 1.31. The van der Waals surface area contributed by atoms with E-state index >= 15 is 0 Å². The molecule has 2 rings (SSSR count). The standard InChI is InChI=1S/C12H14ClN5O3S/c1-17(2)22(20,21)11-6-8(4-5-9(11)13)15-12(19)10-7-14-16-18(10)3/h4-7H,1-3H3,(H,15,19). The number of carbonyl (C=O) groups excluding carboxylic acids is 1. The number of anilines is 1. The second-order valence-corrected chi connectivity index (χ2v) is 7.16. The monoisotopic (exact) mass is 343 g/mol. The first-order valence-corrected chi connectivity index (χ1v) is 7.93. The lowest BCUT2D eigenvalue weighted by molar-refractivity contribution is 0.101. The molecule has 10 heteroatoms. The lowest BCUT2D eigenvalue weighted by Gasteiger charge is -2.14. The molecule has 0 aliphatic carbocycles. The van der Waals surface area contributed by atoms with Crippen LogP contribution in [0.1, 0.15) is 10.5 Å². The third-order valence-electron chi connectivity index (χ3n) is 2.89. The van der Waals surface area contributed by atoms with Gasteiger partial charge in [0.2, 0.25) is 10.0 Å². The van der Waals surface area contributed by atoms with Gasteiger partial charge in [0.05, 0.1) is 11.2 Å². The molecule has 1 N–H and O–H groups in total. The van der Waals surface area contributed by atoms with E-state index in [2.05, 4.69) is 15.6 Å². The number of amides is 1. The van der Waals surface area contributed by atoms with Crippen LogP contribution in [0.2, 0.25) is 5.02 Å². The molecular weight excluding hydrogens is 330 g/mol. The zero-order valence-corrected chi connectivity index (χ0v) is 13.7. The lowest BCUT2D eigenvalue weighted by Crippen LogP contribution is -2.23. The number of aromatic nitrogens is 3. The minimum Gasteiger partial charge on any atom is -0.321 e. The fourth-order valence-electron chi connectivity index (χ4n) is 1.67. The number of nitrogens with one attached hydrogen (secondary N) is 1. The van der Waals surface area contributed by atoms with Crippen molar-refractivity contribution >= 4 is 33.2 Å². The Morgan fingerprint density at radius 3 is 2.59 bits per heavy atom. The number of halogens is 1. The van der Waals surface area contributed by atoms with Crippen molar-refractivity contribution in [2.75, 3.05) is 19.4 Å². The maximum Gasteiger partial charge on any atom is 0.275 e. The Kier molecular flexibility index (Phi) is 4.50. The summed E-state index contributed by atoms with van der Waals surface area (Å²) < 4.78 is 26.7. The Morgan fingerprint density at radius 2 is 2.05 bits per heavy atom. The first-order valence-electron chi connectivity index (χ1n) is 6.11. The number of hydrogen-bond acceptors (Lipinski definition) is 5. The van der Waals surface area contributed by atoms with Crippen LogP contribution in [0.3, 0.4) is 0 Å². The summed E-state index contributed by atoms with van der Waals surface area (Å²) >= 11 is 5.94. The van der Waals surface area contributed by atoms with Crippen molar-refractivity contribution in [3.05, 3.63) is 35.1 Å². The molecule has 0 aliphatic heterocycles. The minimum absolute atomic E-state index is 0.0777. The summed E-state index contributed by atoms with van der Waals surface area (Å²) in [5.41, 5.74) is 0.544. The molecule has 22 heavy (non-hydrogen) atoms. The van der Waals surface area contributed by atoms with Gasteiger partial charge in [-0.15, -0.1) is 5.10 Å². The fourth-order valence-corrected chi connectivity index (χ4v) is 3.06. The molecule has 0 spiro atoms. The number of carbonyl (C=O) groups is 1. The van der Waals surface area contributed by atoms with Gasteiger partial charge in [0, 0.05) is 26.8 Å². The van der Waals surface area contributed by atoms with Gasteiger partial charge in [-0.25, -0.2) is 17.4 Å². The highest BCUT2D eigenvalue weighted by molar-refractivity contribution is 7.89. The predicted molar refractivity (Wildman–Crippen MR) is 81.3 cm³/mol. The normalized spacial score (nSPS) is 11.7. The third-order valence-corrected chi connectivity index (χ3v) is 5.19. The largest absolute Gasteiger partial charge is 0.321 e. The highest BCUT2D eigenvalue weighted by atomic mass is 35.5. The van der Waals surface area contributed by atoms with Gasteiger partial charge in [0.1, 0.15) is 10.6 Å². The van der Waals surface area contributed by atoms with Crippen LogP contribution in [-0.2, 0) is 17.1 Å². The van der Waals surface area contributed by atoms with Crippen molar-refractivity contribution in [1.82, 2.24) is 19.3 Å². The second-order valence-electron chi connectivity index (χ2n) is 4.63. The summed E-state index contributed by atoms with van der Waals surface area (Å²) in [4.78, 5) is 12.0. The SMILES string of the molecule is CN(C)S(=O)(=O)c1cc(NC(=O)c2cnnn2C)ccc1Cl. The Morgan fingerprint density at radius 1 is 1.36 bits per heavy atom. The van der Waals surface area contributed by atoms with Crippen LogP contribution in [0.15, 0.2) is 29.3 Å². The summed E-state index contributed by atoms with van der Waals surface area (Å²) in [5.74, 6) is -0.456.